The highest BCUT2D eigenvalue weighted by atomic mass is 35.5. The number of aliphatic hydroxyl groups is 1. The highest BCUT2D eigenvalue weighted by Gasteiger charge is 2.31. The number of piperidine rings is 1. The lowest BCUT2D eigenvalue weighted by Gasteiger charge is -2.30. The number of rotatable bonds is 5. The van der Waals surface area contributed by atoms with E-state index in [1.165, 1.54) is 23.5 Å². The molecule has 0 aliphatic carbocycles. The number of carbonyl (C=O) groups is 2. The first kappa shape index (κ1) is 21.6. The predicted octanol–water partition coefficient (Wildman–Crippen LogP) is 2.67. The van der Waals surface area contributed by atoms with Crippen LogP contribution in [-0.2, 0) is 16.2 Å². The lowest BCUT2D eigenvalue weighted by molar-refractivity contribution is -0.136. The van der Waals surface area contributed by atoms with Gasteiger partial charge in [0, 0.05) is 11.7 Å². The van der Waals surface area contributed by atoms with Gasteiger partial charge in [0.05, 0.1) is 28.2 Å². The topological polar surface area (TPSA) is 103 Å². The molecule has 156 valence electrons. The first-order valence-corrected chi connectivity index (χ1v) is 10.5. The SMILES string of the molecule is Cc1nc(C(NC(=O)C(=O)Nc2ccc(F)c(Cl)c2)C2CCCCN2)sc1CO. The Kier molecular flexibility index (Phi) is 7.18. The van der Waals surface area contributed by atoms with Gasteiger partial charge in [-0.25, -0.2) is 9.37 Å². The molecule has 3 rings (SSSR count). The zero-order valence-corrected chi connectivity index (χ0v) is 17.4. The van der Waals surface area contributed by atoms with Crippen LogP contribution in [0.3, 0.4) is 0 Å². The Hall–Kier alpha value is -2.07. The third-order valence-corrected chi connectivity index (χ3v) is 6.25. The van der Waals surface area contributed by atoms with Gasteiger partial charge in [0.25, 0.3) is 0 Å². The maximum atomic E-state index is 13.3. The third-order valence-electron chi connectivity index (χ3n) is 4.74. The molecule has 10 heteroatoms. The van der Waals surface area contributed by atoms with Crippen LogP contribution >= 0.6 is 22.9 Å². The predicted molar refractivity (Wildman–Crippen MR) is 109 cm³/mol. The van der Waals surface area contributed by atoms with Crippen LogP contribution in [0.4, 0.5) is 10.1 Å². The summed E-state index contributed by atoms with van der Waals surface area (Å²) in [5, 5.41) is 18.5. The molecule has 2 atom stereocenters. The molecule has 2 unspecified atom stereocenters. The maximum absolute atomic E-state index is 13.3. The van der Waals surface area contributed by atoms with Crippen molar-refractivity contribution in [3.05, 3.63) is 44.6 Å². The van der Waals surface area contributed by atoms with E-state index in [9.17, 15) is 19.1 Å². The van der Waals surface area contributed by atoms with Gasteiger partial charge in [0.1, 0.15) is 10.8 Å². The molecule has 4 N–H and O–H groups in total. The van der Waals surface area contributed by atoms with Gasteiger partial charge in [-0.1, -0.05) is 18.0 Å². The lowest BCUT2D eigenvalue weighted by atomic mass is 9.98. The molecular weight excluding hydrogens is 419 g/mol. The van der Waals surface area contributed by atoms with Crippen LogP contribution < -0.4 is 16.0 Å². The zero-order chi connectivity index (χ0) is 21.0. The number of hydrogen-bond donors (Lipinski definition) is 4. The lowest BCUT2D eigenvalue weighted by Crippen LogP contribution is -2.48. The highest BCUT2D eigenvalue weighted by molar-refractivity contribution is 7.11. The van der Waals surface area contributed by atoms with Crippen molar-refractivity contribution in [2.24, 2.45) is 0 Å². The monoisotopic (exact) mass is 440 g/mol. The third kappa shape index (κ3) is 5.30. The van der Waals surface area contributed by atoms with Crippen molar-refractivity contribution in [1.29, 1.82) is 0 Å². The van der Waals surface area contributed by atoms with E-state index in [0.29, 0.717) is 10.7 Å². The molecule has 1 fully saturated rings. The molecule has 2 aromatic rings. The number of anilines is 1. The van der Waals surface area contributed by atoms with E-state index < -0.39 is 23.7 Å². The first-order chi connectivity index (χ1) is 13.9. The summed E-state index contributed by atoms with van der Waals surface area (Å²) in [6, 6.07) is 3.09. The average Bonchev–Trinajstić information content (AvgIpc) is 3.09. The van der Waals surface area contributed by atoms with Gasteiger partial charge in [-0.15, -0.1) is 11.3 Å². The van der Waals surface area contributed by atoms with Crippen LogP contribution in [0.15, 0.2) is 18.2 Å². The summed E-state index contributed by atoms with van der Waals surface area (Å²) < 4.78 is 13.3. The Morgan fingerprint density at radius 1 is 1.41 bits per heavy atom. The molecule has 1 saturated heterocycles. The fourth-order valence-electron chi connectivity index (χ4n) is 3.20. The van der Waals surface area contributed by atoms with Crippen molar-refractivity contribution in [3.8, 4) is 0 Å². The number of benzene rings is 1. The Balaban J connectivity index is 1.75. The number of nitrogens with zero attached hydrogens (tertiary/aromatic N) is 1. The van der Waals surface area contributed by atoms with Crippen molar-refractivity contribution in [2.75, 3.05) is 11.9 Å². The molecule has 1 aromatic heterocycles. The van der Waals surface area contributed by atoms with Gasteiger partial charge in [-0.2, -0.15) is 0 Å². The van der Waals surface area contributed by atoms with Crippen LogP contribution in [-0.4, -0.2) is 34.5 Å². The van der Waals surface area contributed by atoms with E-state index in [2.05, 4.69) is 20.9 Å². The van der Waals surface area contributed by atoms with Crippen molar-refractivity contribution in [2.45, 2.75) is 44.9 Å². The van der Waals surface area contributed by atoms with E-state index in [1.54, 1.807) is 6.92 Å². The van der Waals surface area contributed by atoms with E-state index >= 15 is 0 Å². The molecule has 1 aromatic carbocycles. The Labute approximate surface area is 176 Å². The Bertz CT molecular complexity index is 902. The zero-order valence-electron chi connectivity index (χ0n) is 15.8. The van der Waals surface area contributed by atoms with Crippen molar-refractivity contribution in [1.82, 2.24) is 15.6 Å². The second kappa shape index (κ2) is 9.62. The second-order valence-electron chi connectivity index (χ2n) is 6.81. The fraction of sp³-hybridized carbons (Fsp3) is 0.421. The summed E-state index contributed by atoms with van der Waals surface area (Å²) in [6.07, 6.45) is 2.87. The van der Waals surface area contributed by atoms with Crippen molar-refractivity contribution < 1.29 is 19.1 Å². The van der Waals surface area contributed by atoms with E-state index in [1.807, 2.05) is 0 Å². The molecule has 0 spiro atoms. The highest BCUT2D eigenvalue weighted by Crippen LogP contribution is 2.29. The van der Waals surface area contributed by atoms with E-state index in [0.717, 1.165) is 36.8 Å². The van der Waals surface area contributed by atoms with E-state index in [4.69, 9.17) is 11.6 Å². The summed E-state index contributed by atoms with van der Waals surface area (Å²) in [7, 11) is 0. The second-order valence-corrected chi connectivity index (χ2v) is 8.33. The molecule has 0 radical (unpaired) electrons. The number of thiazole rings is 1. The number of aryl methyl sites for hydroxylation is 1. The molecule has 1 aliphatic rings. The van der Waals surface area contributed by atoms with Gasteiger partial charge < -0.3 is 21.1 Å². The van der Waals surface area contributed by atoms with Gasteiger partial charge in [0.15, 0.2) is 0 Å². The number of carbonyl (C=O) groups excluding carboxylic acids is 2. The number of halogens is 2. The summed E-state index contributed by atoms with van der Waals surface area (Å²) in [6.45, 7) is 2.48. The summed E-state index contributed by atoms with van der Waals surface area (Å²) in [5.41, 5.74) is 0.921. The van der Waals surface area contributed by atoms with Crippen LogP contribution in [0.25, 0.3) is 0 Å². The summed E-state index contributed by atoms with van der Waals surface area (Å²) in [5.74, 6) is -2.33. The Morgan fingerprint density at radius 2 is 2.21 bits per heavy atom. The van der Waals surface area contributed by atoms with Crippen LogP contribution in [0.2, 0.25) is 5.02 Å². The molecule has 7 nitrogen and oxygen atoms in total. The minimum atomic E-state index is -0.885. The van der Waals surface area contributed by atoms with Crippen molar-refractivity contribution >= 4 is 40.4 Å². The van der Waals surface area contributed by atoms with E-state index in [-0.39, 0.29) is 23.4 Å². The average molecular weight is 441 g/mol. The normalized spacial score (nSPS) is 17.6. The summed E-state index contributed by atoms with van der Waals surface area (Å²) >= 11 is 7.03. The minimum Gasteiger partial charge on any atom is -0.391 e. The number of amides is 2. The number of hydrogen-bond acceptors (Lipinski definition) is 6. The smallest absolute Gasteiger partial charge is 0.313 e. The number of aromatic nitrogens is 1. The quantitative estimate of drug-likeness (QED) is 0.535. The van der Waals surface area contributed by atoms with Crippen molar-refractivity contribution in [3.63, 3.8) is 0 Å². The minimum absolute atomic E-state index is 0.0714. The van der Waals surface area contributed by atoms with Crippen LogP contribution in [0.5, 0.6) is 0 Å². The molecular formula is C19H22ClFN4O3S. The largest absolute Gasteiger partial charge is 0.391 e. The molecule has 2 heterocycles. The van der Waals surface area contributed by atoms with Crippen LogP contribution in [0, 0.1) is 12.7 Å². The molecule has 2 amide bonds. The molecule has 0 saturated carbocycles. The summed E-state index contributed by atoms with van der Waals surface area (Å²) in [4.78, 5) is 30.1. The first-order valence-electron chi connectivity index (χ1n) is 9.26. The molecule has 1 aliphatic heterocycles. The number of aliphatic hydroxyl groups excluding tert-OH is 1. The van der Waals surface area contributed by atoms with Gasteiger partial charge in [-0.3, -0.25) is 9.59 Å². The molecule has 0 bridgehead atoms. The van der Waals surface area contributed by atoms with Gasteiger partial charge in [0.2, 0.25) is 0 Å². The van der Waals surface area contributed by atoms with Gasteiger partial charge in [-0.05, 0) is 44.5 Å². The number of nitrogens with one attached hydrogen (secondary N) is 3. The standard InChI is InChI=1S/C19H22ClFN4O3S/c1-10-15(9-26)29-19(23-10)16(14-4-2-3-7-22-14)25-18(28)17(27)24-11-5-6-13(21)12(20)8-11/h5-6,8,14,16,22,26H,2-4,7,9H2,1H3,(H,24,27)(H,25,28). The molecule has 29 heavy (non-hydrogen) atoms. The van der Waals surface area contributed by atoms with Crippen LogP contribution in [0.1, 0.15) is 40.9 Å². The Morgan fingerprint density at radius 3 is 2.83 bits per heavy atom. The maximum Gasteiger partial charge on any atom is 0.313 e. The van der Waals surface area contributed by atoms with Gasteiger partial charge >= 0.3 is 11.8 Å². The fourth-order valence-corrected chi connectivity index (χ4v) is 4.42.